The molecule has 1 aliphatic heterocycles. The Morgan fingerprint density at radius 3 is 2.82 bits per heavy atom. The molecule has 2 unspecified atom stereocenters. The predicted molar refractivity (Wildman–Crippen MR) is 102 cm³/mol. The summed E-state index contributed by atoms with van der Waals surface area (Å²) in [5, 5.41) is 15.9. The number of carboxylic acids is 1. The summed E-state index contributed by atoms with van der Waals surface area (Å²) in [6.45, 7) is 2.95. The molecule has 0 radical (unpaired) electrons. The smallest absolute Gasteiger partial charge is 0.317 e. The summed E-state index contributed by atoms with van der Waals surface area (Å²) in [6, 6.07) is 9.36. The quantitative estimate of drug-likeness (QED) is 0.757. The average molecular weight is 386 g/mol. The van der Waals surface area contributed by atoms with E-state index in [0.29, 0.717) is 37.6 Å². The first kappa shape index (κ1) is 19.9. The van der Waals surface area contributed by atoms with Crippen molar-refractivity contribution >= 4 is 12.0 Å². The number of nitrogens with one attached hydrogen (secondary N) is 1. The Kier molecular flexibility index (Phi) is 6.62. The summed E-state index contributed by atoms with van der Waals surface area (Å²) in [5.41, 5.74) is 1.07. The molecule has 0 saturated carbocycles. The third-order valence-electron chi connectivity index (χ3n) is 4.96. The lowest BCUT2D eigenvalue weighted by Crippen LogP contribution is -2.49. The van der Waals surface area contributed by atoms with Crippen molar-refractivity contribution in [3.05, 3.63) is 47.6 Å². The molecule has 1 aromatic carbocycles. The van der Waals surface area contributed by atoms with Crippen LogP contribution in [0.15, 0.2) is 34.9 Å². The van der Waals surface area contributed by atoms with Crippen LogP contribution in [0.3, 0.4) is 0 Å². The van der Waals surface area contributed by atoms with Gasteiger partial charge in [0.1, 0.15) is 0 Å². The molecule has 2 amide bonds. The highest BCUT2D eigenvalue weighted by Gasteiger charge is 2.29. The number of likely N-dealkylation sites (tertiary alicyclic amines) is 1. The second kappa shape index (κ2) is 9.34. The number of rotatable bonds is 7. The zero-order valence-corrected chi connectivity index (χ0v) is 16.0. The van der Waals surface area contributed by atoms with Gasteiger partial charge in [-0.05, 0) is 38.2 Å². The normalized spacial score (nSPS) is 17.9. The SMILES string of the molecule is Cc1noc(C2CCCN(C(=O)NC(CCC(=O)O)Cc3ccccc3)C2)n1. The molecule has 2 N–H and O–H groups in total. The maximum Gasteiger partial charge on any atom is 0.317 e. The van der Waals surface area contributed by atoms with Gasteiger partial charge in [-0.3, -0.25) is 4.79 Å². The highest BCUT2D eigenvalue weighted by Crippen LogP contribution is 2.25. The number of amides is 2. The molecule has 150 valence electrons. The van der Waals surface area contributed by atoms with Gasteiger partial charge in [0.2, 0.25) is 5.89 Å². The minimum absolute atomic E-state index is 0.0155. The Labute approximate surface area is 163 Å². The van der Waals surface area contributed by atoms with Crippen LogP contribution in [0.2, 0.25) is 0 Å². The minimum Gasteiger partial charge on any atom is -0.481 e. The molecule has 1 aromatic heterocycles. The number of carbonyl (C=O) groups excluding carboxylic acids is 1. The van der Waals surface area contributed by atoms with Gasteiger partial charge < -0.3 is 19.8 Å². The Balaban J connectivity index is 1.62. The van der Waals surface area contributed by atoms with E-state index in [0.717, 1.165) is 18.4 Å². The molecule has 3 rings (SSSR count). The Bertz CT molecular complexity index is 793. The first-order valence-electron chi connectivity index (χ1n) is 9.62. The van der Waals surface area contributed by atoms with Gasteiger partial charge in [0.25, 0.3) is 0 Å². The van der Waals surface area contributed by atoms with Crippen molar-refractivity contribution < 1.29 is 19.2 Å². The number of carboxylic acid groups (broad SMARTS) is 1. The average Bonchev–Trinajstić information content (AvgIpc) is 3.13. The Morgan fingerprint density at radius 2 is 2.14 bits per heavy atom. The molecular weight excluding hydrogens is 360 g/mol. The van der Waals surface area contributed by atoms with Crippen LogP contribution in [0.4, 0.5) is 4.79 Å². The van der Waals surface area contributed by atoms with E-state index in [1.54, 1.807) is 11.8 Å². The van der Waals surface area contributed by atoms with Gasteiger partial charge in [0.15, 0.2) is 5.82 Å². The van der Waals surface area contributed by atoms with Gasteiger partial charge in [0, 0.05) is 25.6 Å². The molecular formula is C20H26N4O4. The molecule has 2 atom stereocenters. The van der Waals surface area contributed by atoms with Crippen molar-refractivity contribution in [2.45, 2.75) is 51.0 Å². The third-order valence-corrected chi connectivity index (χ3v) is 4.96. The van der Waals surface area contributed by atoms with Gasteiger partial charge in [0.05, 0.1) is 5.92 Å². The molecule has 1 saturated heterocycles. The number of urea groups is 1. The van der Waals surface area contributed by atoms with Crippen LogP contribution in [-0.2, 0) is 11.2 Å². The number of aromatic nitrogens is 2. The number of nitrogens with zero attached hydrogens (tertiary/aromatic N) is 3. The van der Waals surface area contributed by atoms with Crippen LogP contribution in [0, 0.1) is 6.92 Å². The minimum atomic E-state index is -0.864. The lowest BCUT2D eigenvalue weighted by molar-refractivity contribution is -0.137. The summed E-state index contributed by atoms with van der Waals surface area (Å²) in [7, 11) is 0. The second-order valence-corrected chi connectivity index (χ2v) is 7.23. The molecule has 0 spiro atoms. The van der Waals surface area contributed by atoms with Crippen LogP contribution in [0.25, 0.3) is 0 Å². The van der Waals surface area contributed by atoms with Crippen LogP contribution in [0.1, 0.15) is 48.9 Å². The topological polar surface area (TPSA) is 109 Å². The highest BCUT2D eigenvalue weighted by molar-refractivity contribution is 5.75. The van der Waals surface area contributed by atoms with E-state index in [4.69, 9.17) is 9.63 Å². The number of aliphatic carboxylic acids is 1. The zero-order valence-electron chi connectivity index (χ0n) is 16.0. The van der Waals surface area contributed by atoms with E-state index < -0.39 is 5.97 Å². The van der Waals surface area contributed by atoms with Crippen LogP contribution < -0.4 is 5.32 Å². The van der Waals surface area contributed by atoms with Crippen molar-refractivity contribution in [1.29, 1.82) is 0 Å². The Morgan fingerprint density at radius 1 is 1.36 bits per heavy atom. The van der Waals surface area contributed by atoms with Crippen molar-refractivity contribution in [2.24, 2.45) is 0 Å². The highest BCUT2D eigenvalue weighted by atomic mass is 16.5. The van der Waals surface area contributed by atoms with E-state index in [9.17, 15) is 9.59 Å². The number of benzene rings is 1. The van der Waals surface area contributed by atoms with Crippen LogP contribution >= 0.6 is 0 Å². The lowest BCUT2D eigenvalue weighted by atomic mass is 9.98. The van der Waals surface area contributed by atoms with Gasteiger partial charge >= 0.3 is 12.0 Å². The molecule has 8 nitrogen and oxygen atoms in total. The monoisotopic (exact) mass is 386 g/mol. The number of carbonyl (C=O) groups is 2. The van der Waals surface area contributed by atoms with E-state index in [-0.39, 0.29) is 24.4 Å². The molecule has 2 aromatic rings. The maximum atomic E-state index is 12.8. The summed E-state index contributed by atoms with van der Waals surface area (Å²) in [4.78, 5) is 29.9. The molecule has 1 aliphatic rings. The van der Waals surface area contributed by atoms with E-state index >= 15 is 0 Å². The van der Waals surface area contributed by atoms with Gasteiger partial charge in [-0.1, -0.05) is 35.5 Å². The fraction of sp³-hybridized carbons (Fsp3) is 0.500. The van der Waals surface area contributed by atoms with Crippen molar-refractivity contribution in [3.63, 3.8) is 0 Å². The Hall–Kier alpha value is -2.90. The number of hydrogen-bond acceptors (Lipinski definition) is 5. The lowest BCUT2D eigenvalue weighted by Gasteiger charge is -2.32. The summed E-state index contributed by atoms with van der Waals surface area (Å²) < 4.78 is 5.27. The zero-order chi connectivity index (χ0) is 19.9. The fourth-order valence-corrected chi connectivity index (χ4v) is 3.53. The number of hydrogen-bond donors (Lipinski definition) is 2. The largest absolute Gasteiger partial charge is 0.481 e. The fourth-order valence-electron chi connectivity index (χ4n) is 3.53. The number of aryl methyl sites for hydroxylation is 1. The van der Waals surface area contributed by atoms with Crippen LogP contribution in [0.5, 0.6) is 0 Å². The van der Waals surface area contributed by atoms with Crippen molar-refractivity contribution in [2.75, 3.05) is 13.1 Å². The first-order chi connectivity index (χ1) is 13.5. The predicted octanol–water partition coefficient (Wildman–Crippen LogP) is 2.74. The summed E-state index contributed by atoms with van der Waals surface area (Å²) in [5.74, 6) is 0.333. The third kappa shape index (κ3) is 5.55. The summed E-state index contributed by atoms with van der Waals surface area (Å²) >= 11 is 0. The maximum absolute atomic E-state index is 12.8. The van der Waals surface area contributed by atoms with Crippen molar-refractivity contribution in [3.8, 4) is 0 Å². The molecule has 8 heteroatoms. The standard InChI is InChI=1S/C20H26N4O4/c1-14-21-19(28-23-14)16-8-5-11-24(13-16)20(27)22-17(9-10-18(25)26)12-15-6-3-2-4-7-15/h2-4,6-7,16-17H,5,8-13H2,1H3,(H,22,27)(H,25,26). The molecule has 0 aliphatic carbocycles. The number of piperidine rings is 1. The van der Waals surface area contributed by atoms with Gasteiger partial charge in [-0.2, -0.15) is 4.98 Å². The molecule has 2 heterocycles. The molecule has 28 heavy (non-hydrogen) atoms. The first-order valence-corrected chi connectivity index (χ1v) is 9.62. The van der Waals surface area contributed by atoms with Gasteiger partial charge in [-0.25, -0.2) is 4.79 Å². The van der Waals surface area contributed by atoms with E-state index in [2.05, 4.69) is 15.5 Å². The molecule has 1 fully saturated rings. The van der Waals surface area contributed by atoms with E-state index in [1.807, 2.05) is 30.3 Å². The van der Waals surface area contributed by atoms with Gasteiger partial charge in [-0.15, -0.1) is 0 Å². The van der Waals surface area contributed by atoms with E-state index in [1.165, 1.54) is 0 Å². The summed E-state index contributed by atoms with van der Waals surface area (Å²) in [6.07, 6.45) is 2.76. The molecule has 0 bridgehead atoms. The second-order valence-electron chi connectivity index (χ2n) is 7.23. The van der Waals surface area contributed by atoms with Crippen LogP contribution in [-0.4, -0.2) is 51.3 Å². The van der Waals surface area contributed by atoms with Crippen molar-refractivity contribution in [1.82, 2.24) is 20.4 Å².